The third kappa shape index (κ3) is 3.80. The number of carbonyl (C=O) groups excluding carboxylic acids is 3. The molecule has 0 radical (unpaired) electrons. The molecule has 3 heterocycles. The van der Waals surface area contributed by atoms with Crippen molar-refractivity contribution in [2.75, 3.05) is 0 Å². The molecule has 2 amide bonds. The second kappa shape index (κ2) is 8.30. The van der Waals surface area contributed by atoms with Crippen molar-refractivity contribution in [2.24, 2.45) is 11.8 Å². The van der Waals surface area contributed by atoms with E-state index in [0.29, 0.717) is 28.6 Å². The first-order valence-corrected chi connectivity index (χ1v) is 11.9. The molecule has 0 bridgehead atoms. The van der Waals surface area contributed by atoms with Crippen molar-refractivity contribution in [1.82, 2.24) is 25.0 Å². The van der Waals surface area contributed by atoms with E-state index in [4.69, 9.17) is 0 Å². The summed E-state index contributed by atoms with van der Waals surface area (Å²) in [5.74, 6) is 0.618. The number of amides is 2. The lowest BCUT2D eigenvalue weighted by molar-refractivity contribution is -0.140. The standard InChI is InChI=1S/C24H31N5O3/c1-14(16-7-4-3-5-8-16)26-24(32)20-12-17-11-19(17)29(20)21(31)13-28-23-18(9-6-10-25-23)22(27-28)15(2)30/h6,9-10,14,16-17,19-20H,3-5,7-8,11-13H2,1-2H3,(H,26,32)/t14-,17-,19-,20+/m1/s1. The van der Waals surface area contributed by atoms with Gasteiger partial charge < -0.3 is 10.2 Å². The van der Waals surface area contributed by atoms with Crippen LogP contribution in [0, 0.1) is 11.8 Å². The predicted octanol–water partition coefficient (Wildman–Crippen LogP) is 2.71. The molecule has 170 valence electrons. The van der Waals surface area contributed by atoms with Gasteiger partial charge in [0.15, 0.2) is 11.4 Å². The maximum Gasteiger partial charge on any atom is 0.245 e. The number of carbonyl (C=O) groups is 3. The fourth-order valence-corrected chi connectivity index (χ4v) is 5.71. The molecule has 0 unspecified atom stereocenters. The average molecular weight is 438 g/mol. The lowest BCUT2D eigenvalue weighted by atomic mass is 9.84. The van der Waals surface area contributed by atoms with Crippen molar-refractivity contribution in [3.05, 3.63) is 24.0 Å². The zero-order valence-electron chi connectivity index (χ0n) is 18.8. The van der Waals surface area contributed by atoms with Crippen molar-refractivity contribution in [3.8, 4) is 0 Å². The van der Waals surface area contributed by atoms with Gasteiger partial charge in [-0.1, -0.05) is 19.3 Å². The van der Waals surface area contributed by atoms with Gasteiger partial charge in [0, 0.05) is 25.2 Å². The summed E-state index contributed by atoms with van der Waals surface area (Å²) in [5, 5.41) is 8.24. The zero-order chi connectivity index (χ0) is 22.4. The highest BCUT2D eigenvalue weighted by molar-refractivity contribution is 6.04. The van der Waals surface area contributed by atoms with Gasteiger partial charge in [-0.05, 0) is 56.6 Å². The first-order valence-electron chi connectivity index (χ1n) is 11.9. The fourth-order valence-electron chi connectivity index (χ4n) is 5.71. The maximum atomic E-state index is 13.3. The molecule has 1 saturated heterocycles. The normalized spacial score (nSPS) is 26.1. The van der Waals surface area contributed by atoms with Crippen LogP contribution in [0.5, 0.6) is 0 Å². The predicted molar refractivity (Wildman–Crippen MR) is 119 cm³/mol. The highest BCUT2D eigenvalue weighted by atomic mass is 16.2. The Morgan fingerprint density at radius 1 is 1.19 bits per heavy atom. The topological polar surface area (TPSA) is 97.2 Å². The minimum Gasteiger partial charge on any atom is -0.352 e. The van der Waals surface area contributed by atoms with E-state index in [1.54, 1.807) is 23.2 Å². The van der Waals surface area contributed by atoms with Crippen LogP contribution in [0.3, 0.4) is 0 Å². The number of likely N-dealkylation sites (tertiary alicyclic amines) is 1. The van der Waals surface area contributed by atoms with Crippen LogP contribution in [-0.4, -0.2) is 55.4 Å². The molecular formula is C24H31N5O3. The minimum absolute atomic E-state index is 0.0219. The van der Waals surface area contributed by atoms with Crippen LogP contribution in [0.4, 0.5) is 0 Å². The molecule has 2 aliphatic carbocycles. The van der Waals surface area contributed by atoms with Gasteiger partial charge in [0.25, 0.3) is 0 Å². The summed E-state index contributed by atoms with van der Waals surface area (Å²) in [6.07, 6.45) is 9.41. The van der Waals surface area contributed by atoms with Gasteiger partial charge >= 0.3 is 0 Å². The van der Waals surface area contributed by atoms with Crippen molar-refractivity contribution < 1.29 is 14.4 Å². The highest BCUT2D eigenvalue weighted by Crippen LogP contribution is 2.48. The van der Waals surface area contributed by atoms with Crippen LogP contribution in [0.15, 0.2) is 18.3 Å². The van der Waals surface area contributed by atoms with E-state index in [2.05, 4.69) is 22.3 Å². The number of aromatic nitrogens is 3. The number of nitrogens with zero attached hydrogens (tertiary/aromatic N) is 4. The van der Waals surface area contributed by atoms with Gasteiger partial charge in [-0.3, -0.25) is 14.4 Å². The lowest BCUT2D eigenvalue weighted by Crippen LogP contribution is -2.52. The molecule has 8 heteroatoms. The van der Waals surface area contributed by atoms with Gasteiger partial charge in [-0.15, -0.1) is 0 Å². The number of hydrogen-bond donors (Lipinski definition) is 1. The fraction of sp³-hybridized carbons (Fsp3) is 0.625. The van der Waals surface area contributed by atoms with Crippen molar-refractivity contribution >= 4 is 28.6 Å². The summed E-state index contributed by atoms with van der Waals surface area (Å²) >= 11 is 0. The number of nitrogens with one attached hydrogen (secondary N) is 1. The second-order valence-corrected chi connectivity index (χ2v) is 9.75. The van der Waals surface area contributed by atoms with Gasteiger partial charge in [0.05, 0.1) is 5.39 Å². The Hall–Kier alpha value is -2.77. The van der Waals surface area contributed by atoms with Crippen molar-refractivity contribution in [2.45, 2.75) is 83.5 Å². The molecule has 2 aromatic rings. The highest BCUT2D eigenvalue weighted by Gasteiger charge is 2.56. The molecule has 3 aliphatic rings. The molecule has 3 fully saturated rings. The van der Waals surface area contributed by atoms with Crippen LogP contribution < -0.4 is 5.32 Å². The maximum absolute atomic E-state index is 13.3. The van der Waals surface area contributed by atoms with E-state index in [0.717, 1.165) is 25.7 Å². The molecule has 0 spiro atoms. The number of hydrogen-bond acceptors (Lipinski definition) is 5. The Morgan fingerprint density at radius 3 is 2.72 bits per heavy atom. The molecule has 2 aromatic heterocycles. The molecule has 5 rings (SSSR count). The molecular weight excluding hydrogens is 406 g/mol. The van der Waals surface area contributed by atoms with Gasteiger partial charge in [-0.25, -0.2) is 9.67 Å². The summed E-state index contributed by atoms with van der Waals surface area (Å²) < 4.78 is 1.50. The molecule has 32 heavy (non-hydrogen) atoms. The smallest absolute Gasteiger partial charge is 0.245 e. The third-order valence-electron chi connectivity index (χ3n) is 7.55. The van der Waals surface area contributed by atoms with Crippen LogP contribution in [0.25, 0.3) is 11.0 Å². The summed E-state index contributed by atoms with van der Waals surface area (Å²) in [5.41, 5.74) is 0.840. The van der Waals surface area contributed by atoms with E-state index in [1.165, 1.54) is 30.9 Å². The van der Waals surface area contributed by atoms with Crippen LogP contribution in [-0.2, 0) is 16.1 Å². The largest absolute Gasteiger partial charge is 0.352 e. The van der Waals surface area contributed by atoms with E-state index in [1.807, 2.05) is 0 Å². The number of piperidine rings is 1. The Bertz CT molecular complexity index is 1060. The average Bonchev–Trinajstić information content (AvgIpc) is 3.29. The molecule has 1 aliphatic heterocycles. The Kier molecular flexibility index (Phi) is 5.47. The number of rotatable bonds is 6. The number of ketones is 1. The summed E-state index contributed by atoms with van der Waals surface area (Å²) in [6, 6.07) is 3.41. The molecule has 4 atom stereocenters. The SMILES string of the molecule is CC(=O)c1nn(CC(=O)N2[C@@H]3C[C@@H]3C[C@H]2C(=O)N[C@H](C)C2CCCCC2)c2ncccc12. The van der Waals surface area contributed by atoms with E-state index in [-0.39, 0.29) is 36.2 Å². The van der Waals surface area contributed by atoms with E-state index >= 15 is 0 Å². The molecule has 2 saturated carbocycles. The minimum atomic E-state index is -0.417. The Morgan fingerprint density at radius 2 is 1.97 bits per heavy atom. The summed E-state index contributed by atoms with van der Waals surface area (Å²) in [4.78, 5) is 44.6. The zero-order valence-corrected chi connectivity index (χ0v) is 18.8. The van der Waals surface area contributed by atoms with E-state index < -0.39 is 6.04 Å². The first-order chi connectivity index (χ1) is 15.4. The van der Waals surface area contributed by atoms with E-state index in [9.17, 15) is 14.4 Å². The summed E-state index contributed by atoms with van der Waals surface area (Å²) in [7, 11) is 0. The first kappa shape index (κ1) is 21.1. The molecule has 1 N–H and O–H groups in total. The van der Waals surface area contributed by atoms with Crippen LogP contribution in [0.2, 0.25) is 0 Å². The lowest BCUT2D eigenvalue weighted by Gasteiger charge is -2.32. The number of Topliss-reactive ketones (excluding diaryl/α,β-unsaturated/α-hetero) is 1. The van der Waals surface area contributed by atoms with Crippen molar-refractivity contribution in [1.29, 1.82) is 0 Å². The molecule has 0 aromatic carbocycles. The Labute approximate surface area is 187 Å². The van der Waals surface area contributed by atoms with Gasteiger partial charge in [-0.2, -0.15) is 5.10 Å². The van der Waals surface area contributed by atoms with Gasteiger partial charge in [0.2, 0.25) is 11.8 Å². The second-order valence-electron chi connectivity index (χ2n) is 9.75. The van der Waals surface area contributed by atoms with Crippen LogP contribution >= 0.6 is 0 Å². The Balaban J connectivity index is 1.31. The van der Waals surface area contributed by atoms with Crippen LogP contribution in [0.1, 0.15) is 69.3 Å². The number of pyridine rings is 1. The van der Waals surface area contributed by atoms with Crippen molar-refractivity contribution in [3.63, 3.8) is 0 Å². The quantitative estimate of drug-likeness (QED) is 0.701. The monoisotopic (exact) mass is 437 g/mol. The number of fused-ring (bicyclic) bond motifs is 2. The third-order valence-corrected chi connectivity index (χ3v) is 7.55. The van der Waals surface area contributed by atoms with Gasteiger partial charge in [0.1, 0.15) is 18.3 Å². The summed E-state index contributed by atoms with van der Waals surface area (Å²) in [6.45, 7) is 3.54. The molecule has 8 nitrogen and oxygen atoms in total.